The van der Waals surface area contributed by atoms with Crippen LogP contribution in [0.1, 0.15) is 18.4 Å². The van der Waals surface area contributed by atoms with E-state index in [1.807, 2.05) is 0 Å². The lowest BCUT2D eigenvalue weighted by atomic mass is 9.94. The van der Waals surface area contributed by atoms with Gasteiger partial charge in [-0.3, -0.25) is 0 Å². The minimum absolute atomic E-state index is 0.0410. The van der Waals surface area contributed by atoms with Gasteiger partial charge in [0.05, 0.1) is 5.60 Å². The number of benzene rings is 1. The molecule has 4 N–H and O–H groups in total. The number of nitrogens with one attached hydrogen (secondary N) is 1. The molecule has 0 atom stereocenters. The van der Waals surface area contributed by atoms with Crippen LogP contribution in [0.4, 0.5) is 0 Å². The van der Waals surface area contributed by atoms with Gasteiger partial charge in [-0.2, -0.15) is 0 Å². The standard InChI is InChI=1S/C13H19NO4/c15-11-2-1-10(12(16)7-11)8-14-9-13(17)3-5-18-6-4-13/h1-2,7,14-17H,3-6,8-9H2. The summed E-state index contributed by atoms with van der Waals surface area (Å²) in [5.41, 5.74) is -0.0198. The van der Waals surface area contributed by atoms with Crippen LogP contribution in [0, 0.1) is 0 Å². The molecule has 5 heteroatoms. The first kappa shape index (κ1) is 13.1. The molecule has 1 heterocycles. The van der Waals surface area contributed by atoms with Crippen LogP contribution in [-0.2, 0) is 11.3 Å². The molecule has 0 aromatic heterocycles. The van der Waals surface area contributed by atoms with Crippen LogP contribution in [-0.4, -0.2) is 40.7 Å². The molecule has 0 radical (unpaired) electrons. The van der Waals surface area contributed by atoms with Crippen LogP contribution in [0.25, 0.3) is 0 Å². The van der Waals surface area contributed by atoms with Crippen LogP contribution in [0.15, 0.2) is 18.2 Å². The van der Waals surface area contributed by atoms with Gasteiger partial charge in [0.15, 0.2) is 0 Å². The SMILES string of the molecule is Oc1ccc(CNCC2(O)CCOCC2)c(O)c1. The molecular weight excluding hydrogens is 234 g/mol. The van der Waals surface area contributed by atoms with Crippen LogP contribution in [0.5, 0.6) is 11.5 Å². The van der Waals surface area contributed by atoms with Gasteiger partial charge in [-0.05, 0) is 6.07 Å². The van der Waals surface area contributed by atoms with Gasteiger partial charge in [0.1, 0.15) is 11.5 Å². The first-order valence-corrected chi connectivity index (χ1v) is 6.11. The highest BCUT2D eigenvalue weighted by Gasteiger charge is 2.29. The van der Waals surface area contributed by atoms with E-state index in [-0.39, 0.29) is 11.5 Å². The lowest BCUT2D eigenvalue weighted by molar-refractivity contribution is -0.0617. The molecule has 0 bridgehead atoms. The van der Waals surface area contributed by atoms with Gasteiger partial charge in [-0.1, -0.05) is 6.07 Å². The molecule has 2 rings (SSSR count). The molecule has 100 valence electrons. The maximum Gasteiger partial charge on any atom is 0.123 e. The Balaban J connectivity index is 1.84. The first-order chi connectivity index (χ1) is 8.59. The molecule has 0 saturated carbocycles. The molecule has 1 aromatic rings. The summed E-state index contributed by atoms with van der Waals surface area (Å²) >= 11 is 0. The third kappa shape index (κ3) is 3.35. The Morgan fingerprint density at radius 2 is 1.94 bits per heavy atom. The molecule has 0 aliphatic carbocycles. The molecule has 1 aliphatic rings. The molecule has 0 spiro atoms. The van der Waals surface area contributed by atoms with E-state index in [1.165, 1.54) is 12.1 Å². The Hall–Kier alpha value is -1.30. The lowest BCUT2D eigenvalue weighted by Gasteiger charge is -2.32. The monoisotopic (exact) mass is 253 g/mol. The van der Waals surface area contributed by atoms with Crippen molar-refractivity contribution in [1.82, 2.24) is 5.32 Å². The predicted octanol–water partition coefficient (Wildman–Crippen LogP) is 0.729. The maximum atomic E-state index is 10.2. The van der Waals surface area contributed by atoms with Gasteiger partial charge in [0, 0.05) is 50.8 Å². The molecule has 1 saturated heterocycles. The molecular formula is C13H19NO4. The second-order valence-electron chi connectivity index (χ2n) is 4.75. The number of aromatic hydroxyl groups is 2. The fourth-order valence-corrected chi connectivity index (χ4v) is 2.06. The van der Waals surface area contributed by atoms with E-state index in [0.717, 1.165) is 0 Å². The topological polar surface area (TPSA) is 82.0 Å². The number of aliphatic hydroxyl groups is 1. The van der Waals surface area contributed by atoms with Crippen molar-refractivity contribution in [3.05, 3.63) is 23.8 Å². The lowest BCUT2D eigenvalue weighted by Crippen LogP contribution is -2.44. The second kappa shape index (κ2) is 5.56. The van der Waals surface area contributed by atoms with E-state index in [2.05, 4.69) is 5.32 Å². The number of phenolic OH excluding ortho intramolecular Hbond substituents is 2. The van der Waals surface area contributed by atoms with Gasteiger partial charge in [0.2, 0.25) is 0 Å². The van der Waals surface area contributed by atoms with Gasteiger partial charge in [-0.15, -0.1) is 0 Å². The van der Waals surface area contributed by atoms with Gasteiger partial charge < -0.3 is 25.4 Å². The fourth-order valence-electron chi connectivity index (χ4n) is 2.06. The molecule has 1 fully saturated rings. The summed E-state index contributed by atoms with van der Waals surface area (Å²) in [6.45, 7) is 2.09. The quantitative estimate of drug-likeness (QED) is 0.636. The molecule has 0 unspecified atom stereocenters. The number of rotatable bonds is 4. The van der Waals surface area contributed by atoms with E-state index >= 15 is 0 Å². The summed E-state index contributed by atoms with van der Waals surface area (Å²) in [6, 6.07) is 4.49. The number of hydrogen-bond donors (Lipinski definition) is 4. The Morgan fingerprint density at radius 3 is 2.61 bits per heavy atom. The zero-order valence-electron chi connectivity index (χ0n) is 10.2. The van der Waals surface area contributed by atoms with Gasteiger partial charge >= 0.3 is 0 Å². The van der Waals surface area contributed by atoms with Crippen molar-refractivity contribution in [2.75, 3.05) is 19.8 Å². The highest BCUT2D eigenvalue weighted by atomic mass is 16.5. The third-order valence-corrected chi connectivity index (χ3v) is 3.26. The zero-order valence-corrected chi connectivity index (χ0v) is 10.2. The summed E-state index contributed by atoms with van der Waals surface area (Å²) in [6.07, 6.45) is 1.25. The molecule has 18 heavy (non-hydrogen) atoms. The Bertz CT molecular complexity index is 402. The highest BCUT2D eigenvalue weighted by Crippen LogP contribution is 2.23. The van der Waals surface area contributed by atoms with Crippen molar-refractivity contribution >= 4 is 0 Å². The van der Waals surface area contributed by atoms with Crippen molar-refractivity contribution in [2.45, 2.75) is 25.0 Å². The Kier molecular flexibility index (Phi) is 4.06. The smallest absolute Gasteiger partial charge is 0.123 e. The third-order valence-electron chi connectivity index (χ3n) is 3.26. The van der Waals surface area contributed by atoms with E-state index in [0.29, 0.717) is 44.7 Å². The first-order valence-electron chi connectivity index (χ1n) is 6.11. The highest BCUT2D eigenvalue weighted by molar-refractivity contribution is 5.38. The van der Waals surface area contributed by atoms with E-state index < -0.39 is 5.60 Å². The van der Waals surface area contributed by atoms with Crippen LogP contribution < -0.4 is 5.32 Å². The maximum absolute atomic E-state index is 10.2. The van der Waals surface area contributed by atoms with Crippen molar-refractivity contribution in [3.8, 4) is 11.5 Å². The molecule has 1 aromatic carbocycles. The number of hydrogen-bond acceptors (Lipinski definition) is 5. The summed E-state index contributed by atoms with van der Waals surface area (Å²) in [5, 5.41) is 32.1. The fraction of sp³-hybridized carbons (Fsp3) is 0.538. The van der Waals surface area contributed by atoms with Crippen molar-refractivity contribution in [3.63, 3.8) is 0 Å². The Labute approximate surface area is 106 Å². The molecule has 5 nitrogen and oxygen atoms in total. The van der Waals surface area contributed by atoms with Crippen LogP contribution in [0.2, 0.25) is 0 Å². The number of phenols is 2. The van der Waals surface area contributed by atoms with Crippen molar-refractivity contribution < 1.29 is 20.1 Å². The summed E-state index contributed by atoms with van der Waals surface area (Å²) in [5.74, 6) is 0.0979. The van der Waals surface area contributed by atoms with Crippen LogP contribution >= 0.6 is 0 Å². The van der Waals surface area contributed by atoms with Crippen molar-refractivity contribution in [2.24, 2.45) is 0 Å². The van der Waals surface area contributed by atoms with E-state index in [9.17, 15) is 15.3 Å². The Morgan fingerprint density at radius 1 is 1.22 bits per heavy atom. The largest absolute Gasteiger partial charge is 0.508 e. The summed E-state index contributed by atoms with van der Waals surface area (Å²) < 4.78 is 5.21. The minimum atomic E-state index is -0.717. The number of ether oxygens (including phenoxy) is 1. The van der Waals surface area contributed by atoms with E-state index in [4.69, 9.17) is 4.74 Å². The van der Waals surface area contributed by atoms with Crippen LogP contribution in [0.3, 0.4) is 0 Å². The average Bonchev–Trinajstić information content (AvgIpc) is 2.33. The second-order valence-corrected chi connectivity index (χ2v) is 4.75. The minimum Gasteiger partial charge on any atom is -0.508 e. The van der Waals surface area contributed by atoms with Crippen molar-refractivity contribution in [1.29, 1.82) is 0 Å². The van der Waals surface area contributed by atoms with Gasteiger partial charge in [-0.25, -0.2) is 0 Å². The predicted molar refractivity (Wildman–Crippen MR) is 66.5 cm³/mol. The zero-order chi connectivity index (χ0) is 13.0. The summed E-state index contributed by atoms with van der Waals surface area (Å²) in [7, 11) is 0. The van der Waals surface area contributed by atoms with Gasteiger partial charge in [0.25, 0.3) is 0 Å². The van der Waals surface area contributed by atoms with E-state index in [1.54, 1.807) is 6.07 Å². The molecule has 0 amide bonds. The molecule has 1 aliphatic heterocycles. The summed E-state index contributed by atoms with van der Waals surface area (Å²) in [4.78, 5) is 0. The average molecular weight is 253 g/mol. The normalized spacial score (nSPS) is 18.7.